The summed E-state index contributed by atoms with van der Waals surface area (Å²) in [5.74, 6) is 0. The second kappa shape index (κ2) is 7.52. The summed E-state index contributed by atoms with van der Waals surface area (Å²) in [6.07, 6.45) is -5.42. The van der Waals surface area contributed by atoms with Gasteiger partial charge in [0, 0.05) is 0 Å². The van der Waals surface area contributed by atoms with Crippen molar-refractivity contribution in [1.82, 2.24) is 0 Å². The molecule has 0 aromatic heterocycles. The van der Waals surface area contributed by atoms with Crippen molar-refractivity contribution < 1.29 is 35.0 Å². The predicted molar refractivity (Wildman–Crippen MR) is 60.5 cm³/mol. The number of hydrogen-bond donors (Lipinski definition) is 5. The third-order valence-electron chi connectivity index (χ3n) is 2.75. The number of nitriles is 1. The molecule has 1 rings (SSSR count). The Morgan fingerprint density at radius 2 is 1.89 bits per heavy atom. The van der Waals surface area contributed by atoms with Gasteiger partial charge in [0.25, 0.3) is 0 Å². The quantitative estimate of drug-likeness (QED) is 0.340. The Morgan fingerprint density at radius 3 is 2.42 bits per heavy atom. The molecule has 8 nitrogen and oxygen atoms in total. The maximum absolute atomic E-state index is 9.62. The van der Waals surface area contributed by atoms with Crippen molar-refractivity contribution in [2.75, 3.05) is 19.8 Å². The topological polar surface area (TPSA) is 143 Å². The van der Waals surface area contributed by atoms with E-state index in [1.807, 2.05) is 0 Å². The van der Waals surface area contributed by atoms with Crippen molar-refractivity contribution in [2.24, 2.45) is 0 Å². The minimum absolute atomic E-state index is 0.0876. The average Bonchev–Trinajstić information content (AvgIpc) is 2.43. The van der Waals surface area contributed by atoms with Gasteiger partial charge >= 0.3 is 0 Å². The summed E-state index contributed by atoms with van der Waals surface area (Å²) in [4.78, 5) is 0. The van der Waals surface area contributed by atoms with Crippen molar-refractivity contribution >= 4 is 0 Å². The van der Waals surface area contributed by atoms with Gasteiger partial charge in [0.15, 0.2) is 6.29 Å². The molecule has 1 heterocycles. The normalized spacial score (nSPS) is 36.0. The van der Waals surface area contributed by atoms with Crippen LogP contribution in [0.25, 0.3) is 0 Å². The SMILES string of the molecule is N#CC(=CCOC1OC(CO)C(O)C(O)C1O)CO. The lowest BCUT2D eigenvalue weighted by Gasteiger charge is -2.39. The van der Waals surface area contributed by atoms with E-state index in [1.54, 1.807) is 6.07 Å². The first-order chi connectivity index (χ1) is 9.04. The van der Waals surface area contributed by atoms with E-state index >= 15 is 0 Å². The number of aliphatic hydroxyl groups excluding tert-OH is 5. The molecule has 108 valence electrons. The monoisotopic (exact) mass is 275 g/mol. The van der Waals surface area contributed by atoms with Crippen molar-refractivity contribution in [3.05, 3.63) is 11.6 Å². The second-order valence-electron chi connectivity index (χ2n) is 4.03. The second-order valence-corrected chi connectivity index (χ2v) is 4.03. The molecule has 5 atom stereocenters. The number of aliphatic hydroxyl groups is 5. The van der Waals surface area contributed by atoms with E-state index in [1.165, 1.54) is 6.08 Å². The number of ether oxygens (including phenoxy) is 2. The van der Waals surface area contributed by atoms with Crippen LogP contribution in [-0.4, -0.2) is 76.1 Å². The van der Waals surface area contributed by atoms with Crippen LogP contribution in [0.15, 0.2) is 11.6 Å². The fraction of sp³-hybridized carbons (Fsp3) is 0.727. The smallest absolute Gasteiger partial charge is 0.187 e. The van der Waals surface area contributed by atoms with E-state index < -0.39 is 43.9 Å². The van der Waals surface area contributed by atoms with E-state index in [9.17, 15) is 15.3 Å². The van der Waals surface area contributed by atoms with Crippen LogP contribution in [0.4, 0.5) is 0 Å². The summed E-state index contributed by atoms with van der Waals surface area (Å²) >= 11 is 0. The highest BCUT2D eigenvalue weighted by Crippen LogP contribution is 2.21. The molecule has 0 amide bonds. The highest BCUT2D eigenvalue weighted by Gasteiger charge is 2.43. The zero-order chi connectivity index (χ0) is 14.4. The highest BCUT2D eigenvalue weighted by atomic mass is 16.7. The maximum atomic E-state index is 9.62. The lowest BCUT2D eigenvalue weighted by Crippen LogP contribution is -2.59. The van der Waals surface area contributed by atoms with Crippen LogP contribution >= 0.6 is 0 Å². The van der Waals surface area contributed by atoms with E-state index in [-0.39, 0.29) is 12.2 Å². The third kappa shape index (κ3) is 3.95. The van der Waals surface area contributed by atoms with Crippen LogP contribution in [0.3, 0.4) is 0 Å². The average molecular weight is 275 g/mol. The highest BCUT2D eigenvalue weighted by molar-refractivity contribution is 5.20. The van der Waals surface area contributed by atoms with Crippen LogP contribution in [0.2, 0.25) is 0 Å². The lowest BCUT2D eigenvalue weighted by molar-refractivity contribution is -0.298. The molecule has 0 spiro atoms. The first-order valence-corrected chi connectivity index (χ1v) is 5.67. The molecular formula is C11H17NO7. The summed E-state index contributed by atoms with van der Waals surface area (Å²) in [6, 6.07) is 1.73. The third-order valence-corrected chi connectivity index (χ3v) is 2.75. The Balaban J connectivity index is 2.58. The molecule has 8 heteroatoms. The van der Waals surface area contributed by atoms with Gasteiger partial charge in [-0.2, -0.15) is 5.26 Å². The van der Waals surface area contributed by atoms with Gasteiger partial charge in [0.05, 0.1) is 31.5 Å². The number of nitrogens with zero attached hydrogens (tertiary/aromatic N) is 1. The van der Waals surface area contributed by atoms with E-state index in [0.29, 0.717) is 0 Å². The van der Waals surface area contributed by atoms with Crippen molar-refractivity contribution in [3.63, 3.8) is 0 Å². The van der Waals surface area contributed by atoms with Crippen LogP contribution < -0.4 is 0 Å². The van der Waals surface area contributed by atoms with Crippen molar-refractivity contribution in [2.45, 2.75) is 30.7 Å². The summed E-state index contributed by atoms with van der Waals surface area (Å²) in [6.45, 7) is -1.11. The van der Waals surface area contributed by atoms with Crippen LogP contribution in [0.5, 0.6) is 0 Å². The van der Waals surface area contributed by atoms with E-state index in [2.05, 4.69) is 0 Å². The van der Waals surface area contributed by atoms with Crippen molar-refractivity contribution in [3.8, 4) is 6.07 Å². The van der Waals surface area contributed by atoms with Crippen molar-refractivity contribution in [1.29, 1.82) is 5.26 Å². The fourth-order valence-corrected chi connectivity index (χ4v) is 1.59. The summed E-state index contributed by atoms with van der Waals surface area (Å²) in [7, 11) is 0. The van der Waals surface area contributed by atoms with Crippen LogP contribution in [-0.2, 0) is 9.47 Å². The summed E-state index contributed by atoms with van der Waals surface area (Å²) in [5, 5.41) is 54.9. The minimum Gasteiger partial charge on any atom is -0.394 e. The Morgan fingerprint density at radius 1 is 1.21 bits per heavy atom. The molecule has 0 aromatic carbocycles. The first kappa shape index (κ1) is 16.0. The van der Waals surface area contributed by atoms with Gasteiger partial charge in [-0.05, 0) is 6.08 Å². The van der Waals surface area contributed by atoms with Gasteiger partial charge < -0.3 is 35.0 Å². The maximum Gasteiger partial charge on any atom is 0.187 e. The minimum atomic E-state index is -1.51. The molecule has 1 fully saturated rings. The molecule has 19 heavy (non-hydrogen) atoms. The van der Waals surface area contributed by atoms with Gasteiger partial charge in [-0.15, -0.1) is 0 Å². The molecule has 0 aliphatic carbocycles. The Kier molecular flexibility index (Phi) is 6.33. The fourth-order valence-electron chi connectivity index (χ4n) is 1.59. The van der Waals surface area contributed by atoms with Gasteiger partial charge in [0.1, 0.15) is 24.4 Å². The molecule has 0 bridgehead atoms. The molecule has 5 N–H and O–H groups in total. The van der Waals surface area contributed by atoms with E-state index in [4.69, 9.17) is 24.9 Å². The largest absolute Gasteiger partial charge is 0.394 e. The Labute approximate surface area is 109 Å². The van der Waals surface area contributed by atoms with Gasteiger partial charge in [-0.3, -0.25) is 0 Å². The Hall–Kier alpha value is -1.05. The molecular weight excluding hydrogens is 258 g/mol. The van der Waals surface area contributed by atoms with E-state index in [0.717, 1.165) is 0 Å². The van der Waals surface area contributed by atoms with Gasteiger partial charge in [-0.25, -0.2) is 0 Å². The Bertz CT molecular complexity index is 351. The number of rotatable bonds is 5. The molecule has 5 unspecified atom stereocenters. The first-order valence-electron chi connectivity index (χ1n) is 5.67. The molecule has 0 saturated carbocycles. The molecule has 0 aromatic rings. The molecule has 1 saturated heterocycles. The lowest BCUT2D eigenvalue weighted by atomic mass is 9.99. The van der Waals surface area contributed by atoms with Crippen LogP contribution in [0, 0.1) is 11.3 Å². The zero-order valence-electron chi connectivity index (χ0n) is 10.1. The van der Waals surface area contributed by atoms with Gasteiger partial charge in [0.2, 0.25) is 0 Å². The molecule has 1 aliphatic rings. The molecule has 0 radical (unpaired) electrons. The van der Waals surface area contributed by atoms with Crippen LogP contribution in [0.1, 0.15) is 0 Å². The number of hydrogen-bond acceptors (Lipinski definition) is 8. The van der Waals surface area contributed by atoms with Gasteiger partial charge in [-0.1, -0.05) is 0 Å². The summed E-state index contributed by atoms with van der Waals surface area (Å²) < 4.78 is 10.2. The summed E-state index contributed by atoms with van der Waals surface area (Å²) in [5.41, 5.74) is 0.0876. The predicted octanol–water partition coefficient (Wildman–Crippen LogP) is -2.75. The zero-order valence-corrected chi connectivity index (χ0v) is 10.1. The standard InChI is InChI=1S/C11H17NO7/c12-3-6(4-13)1-2-18-11-10(17)9(16)8(15)7(5-14)19-11/h1,7-11,13-17H,2,4-5H2. The molecule has 1 aliphatic heterocycles.